The van der Waals surface area contributed by atoms with E-state index in [1.54, 1.807) is 6.08 Å². The molecule has 2 nitrogen and oxygen atoms in total. The van der Waals surface area contributed by atoms with Gasteiger partial charge in [-0.15, -0.1) is 0 Å². The predicted molar refractivity (Wildman–Crippen MR) is 59.0 cm³/mol. The highest BCUT2D eigenvalue weighted by Crippen LogP contribution is 2.09. The number of rotatable bonds is 8. The minimum atomic E-state index is 0.492. The Kier molecular flexibility index (Phi) is 8.86. The molecule has 0 aliphatic carbocycles. The Labute approximate surface area is 86.0 Å². The molecule has 0 rings (SSSR count). The van der Waals surface area contributed by atoms with Crippen molar-refractivity contribution in [1.29, 1.82) is 0 Å². The Morgan fingerprint density at radius 1 is 1.43 bits per heavy atom. The van der Waals surface area contributed by atoms with Gasteiger partial charge in [0.1, 0.15) is 0 Å². The zero-order chi connectivity index (χ0) is 10.6. The molecule has 0 spiro atoms. The van der Waals surface area contributed by atoms with Crippen LogP contribution in [0.2, 0.25) is 0 Å². The van der Waals surface area contributed by atoms with Crippen molar-refractivity contribution in [3.05, 3.63) is 36.5 Å². The molecule has 2 heteroatoms. The first-order valence-corrected chi connectivity index (χ1v) is 4.84. The summed E-state index contributed by atoms with van der Waals surface area (Å²) in [5, 5.41) is 0. The van der Waals surface area contributed by atoms with Gasteiger partial charge >= 0.3 is 0 Å². The Balaban J connectivity index is 3.66. The Hall–Kier alpha value is -1.31. The maximum Gasteiger partial charge on any atom is 0.293 e. The lowest BCUT2D eigenvalue weighted by Gasteiger charge is -2.01. The summed E-state index contributed by atoms with van der Waals surface area (Å²) in [6.07, 6.45) is 10.8. The summed E-state index contributed by atoms with van der Waals surface area (Å²) in [5.41, 5.74) is 1.26. The smallest absolute Gasteiger partial charge is 0.293 e. The van der Waals surface area contributed by atoms with E-state index in [1.807, 2.05) is 19.1 Å². The fraction of sp³-hybridized carbons (Fsp3) is 0.417. The number of carbonyl (C=O) groups excluding carboxylic acids is 1. The Bertz CT molecular complexity index is 214. The highest BCUT2D eigenvalue weighted by atomic mass is 16.5. The summed E-state index contributed by atoms with van der Waals surface area (Å²) in [6.45, 7) is 6.66. The van der Waals surface area contributed by atoms with Gasteiger partial charge in [0.25, 0.3) is 6.47 Å². The molecular weight excluding hydrogens is 176 g/mol. The number of hydrogen-bond acceptors (Lipinski definition) is 2. The van der Waals surface area contributed by atoms with Crippen molar-refractivity contribution < 1.29 is 9.53 Å². The lowest BCUT2D eigenvalue weighted by Crippen LogP contribution is -1.91. The highest BCUT2D eigenvalue weighted by molar-refractivity contribution is 5.36. The summed E-state index contributed by atoms with van der Waals surface area (Å²) in [5.74, 6) is 0. The minimum absolute atomic E-state index is 0.492. The van der Waals surface area contributed by atoms with E-state index in [1.165, 1.54) is 5.57 Å². The van der Waals surface area contributed by atoms with Crippen molar-refractivity contribution in [2.24, 2.45) is 0 Å². The average Bonchev–Trinajstić information content (AvgIpc) is 2.18. The third kappa shape index (κ3) is 7.35. The summed E-state index contributed by atoms with van der Waals surface area (Å²) in [6, 6.07) is 0. The fourth-order valence-corrected chi connectivity index (χ4v) is 1.15. The quantitative estimate of drug-likeness (QED) is 0.337. The number of allylic oxidation sites excluding steroid dienone is 5. The monoisotopic (exact) mass is 194 g/mol. The Morgan fingerprint density at radius 3 is 2.79 bits per heavy atom. The van der Waals surface area contributed by atoms with Crippen LogP contribution in [0.4, 0.5) is 0 Å². The van der Waals surface area contributed by atoms with E-state index in [2.05, 4.69) is 17.4 Å². The van der Waals surface area contributed by atoms with Crippen molar-refractivity contribution in [2.45, 2.75) is 26.2 Å². The summed E-state index contributed by atoms with van der Waals surface area (Å²) >= 11 is 0. The third-order valence-corrected chi connectivity index (χ3v) is 1.76. The molecule has 0 aromatic carbocycles. The molecule has 0 saturated heterocycles. The number of hydrogen-bond donors (Lipinski definition) is 0. The SMILES string of the molecule is C=C/C=C(\C=C/C)CCCCOC=O. The number of carbonyl (C=O) groups is 1. The van der Waals surface area contributed by atoms with Crippen molar-refractivity contribution in [2.75, 3.05) is 6.61 Å². The molecule has 14 heavy (non-hydrogen) atoms. The first kappa shape index (κ1) is 12.7. The van der Waals surface area contributed by atoms with Crippen LogP contribution in [0.15, 0.2) is 36.5 Å². The molecule has 0 aliphatic heterocycles. The summed E-state index contributed by atoms with van der Waals surface area (Å²) in [4.78, 5) is 9.85. The van der Waals surface area contributed by atoms with Crippen LogP contribution in [0.25, 0.3) is 0 Å². The van der Waals surface area contributed by atoms with E-state index >= 15 is 0 Å². The maximum atomic E-state index is 9.85. The van der Waals surface area contributed by atoms with Gasteiger partial charge in [-0.25, -0.2) is 0 Å². The fourth-order valence-electron chi connectivity index (χ4n) is 1.15. The van der Waals surface area contributed by atoms with Gasteiger partial charge in [0, 0.05) is 0 Å². The standard InChI is InChI=1S/C12H18O2/c1-3-7-12(8-4-2)9-5-6-10-14-11-13/h3-4,7-8,11H,1,5-6,9-10H2,2H3/b8-4-,12-7+. The molecule has 0 N–H and O–H groups in total. The molecule has 78 valence electrons. The van der Waals surface area contributed by atoms with E-state index in [0.717, 1.165) is 19.3 Å². The van der Waals surface area contributed by atoms with Crippen LogP contribution in [0.5, 0.6) is 0 Å². The van der Waals surface area contributed by atoms with Crippen LogP contribution in [-0.4, -0.2) is 13.1 Å². The number of ether oxygens (including phenoxy) is 1. The van der Waals surface area contributed by atoms with Crippen molar-refractivity contribution in [1.82, 2.24) is 0 Å². The topological polar surface area (TPSA) is 26.3 Å². The van der Waals surface area contributed by atoms with Gasteiger partial charge in [-0.2, -0.15) is 0 Å². The zero-order valence-electron chi connectivity index (χ0n) is 8.74. The van der Waals surface area contributed by atoms with E-state index in [4.69, 9.17) is 0 Å². The second-order valence-electron chi connectivity index (χ2n) is 2.90. The van der Waals surface area contributed by atoms with Gasteiger partial charge in [0.05, 0.1) is 6.61 Å². The lowest BCUT2D eigenvalue weighted by molar-refractivity contribution is -0.128. The van der Waals surface area contributed by atoms with Gasteiger partial charge in [0.15, 0.2) is 0 Å². The van der Waals surface area contributed by atoms with Crippen molar-refractivity contribution >= 4 is 6.47 Å². The van der Waals surface area contributed by atoms with Gasteiger partial charge in [-0.05, 0) is 31.8 Å². The maximum absolute atomic E-state index is 9.85. The van der Waals surface area contributed by atoms with Crippen LogP contribution in [-0.2, 0) is 9.53 Å². The predicted octanol–water partition coefficient (Wildman–Crippen LogP) is 3.02. The molecule has 0 heterocycles. The molecule has 0 aliphatic rings. The normalized spacial score (nSPS) is 11.6. The van der Waals surface area contributed by atoms with Crippen LogP contribution < -0.4 is 0 Å². The van der Waals surface area contributed by atoms with E-state index < -0.39 is 0 Å². The van der Waals surface area contributed by atoms with Gasteiger partial charge < -0.3 is 4.74 Å². The highest BCUT2D eigenvalue weighted by Gasteiger charge is 1.92. The first-order chi connectivity index (χ1) is 6.85. The zero-order valence-corrected chi connectivity index (χ0v) is 8.74. The number of unbranched alkanes of at least 4 members (excludes halogenated alkanes) is 1. The van der Waals surface area contributed by atoms with Gasteiger partial charge in [-0.1, -0.05) is 30.9 Å². The molecule has 0 aromatic rings. The Morgan fingerprint density at radius 2 is 2.21 bits per heavy atom. The van der Waals surface area contributed by atoms with E-state index in [0.29, 0.717) is 13.1 Å². The molecule has 0 radical (unpaired) electrons. The second kappa shape index (κ2) is 9.78. The van der Waals surface area contributed by atoms with Gasteiger partial charge in [-0.3, -0.25) is 4.79 Å². The van der Waals surface area contributed by atoms with Gasteiger partial charge in [0.2, 0.25) is 0 Å². The first-order valence-electron chi connectivity index (χ1n) is 4.84. The minimum Gasteiger partial charge on any atom is -0.468 e. The van der Waals surface area contributed by atoms with Crippen LogP contribution in [0.1, 0.15) is 26.2 Å². The molecular formula is C12H18O2. The molecule has 0 fully saturated rings. The largest absolute Gasteiger partial charge is 0.468 e. The lowest BCUT2D eigenvalue weighted by atomic mass is 10.1. The van der Waals surface area contributed by atoms with E-state index in [9.17, 15) is 4.79 Å². The third-order valence-electron chi connectivity index (χ3n) is 1.76. The molecule has 0 amide bonds. The van der Waals surface area contributed by atoms with Crippen molar-refractivity contribution in [3.63, 3.8) is 0 Å². The van der Waals surface area contributed by atoms with E-state index in [-0.39, 0.29) is 0 Å². The summed E-state index contributed by atoms with van der Waals surface area (Å²) < 4.78 is 4.60. The molecule has 0 aromatic heterocycles. The summed E-state index contributed by atoms with van der Waals surface area (Å²) in [7, 11) is 0. The van der Waals surface area contributed by atoms with Crippen LogP contribution in [0, 0.1) is 0 Å². The molecule has 0 bridgehead atoms. The molecule has 0 atom stereocenters. The second-order valence-corrected chi connectivity index (χ2v) is 2.90. The molecule has 0 unspecified atom stereocenters. The van der Waals surface area contributed by atoms with Crippen LogP contribution in [0.3, 0.4) is 0 Å². The van der Waals surface area contributed by atoms with Crippen molar-refractivity contribution in [3.8, 4) is 0 Å². The van der Waals surface area contributed by atoms with Crippen LogP contribution >= 0.6 is 0 Å². The molecule has 0 saturated carbocycles. The average molecular weight is 194 g/mol.